The molecule has 0 aromatic rings. The van der Waals surface area contributed by atoms with E-state index in [1.165, 1.54) is 13.8 Å². The molecule has 0 aromatic heterocycles. The molecule has 0 heterocycles. The summed E-state index contributed by atoms with van der Waals surface area (Å²) in [6, 6.07) is 0. The zero-order chi connectivity index (χ0) is 10.2. The molecule has 0 atom stereocenters. The molecule has 0 unspecified atom stereocenters. The van der Waals surface area contributed by atoms with Crippen molar-refractivity contribution in [3.8, 4) is 0 Å². The Kier molecular flexibility index (Phi) is 3.08. The van der Waals surface area contributed by atoms with Crippen LogP contribution in [0.4, 0.5) is 0 Å². The summed E-state index contributed by atoms with van der Waals surface area (Å²) in [4.78, 5) is 0. The van der Waals surface area contributed by atoms with Crippen LogP contribution >= 0.6 is 0 Å². The zero-order valence-corrected chi connectivity index (χ0v) is 9.08. The maximum atomic E-state index is 11.0. The number of hydrogen-bond acceptors (Lipinski definition) is 4. The predicted octanol–water partition coefficient (Wildman–Crippen LogP) is 0.327. The van der Waals surface area contributed by atoms with E-state index in [4.69, 9.17) is 0 Å². The molecule has 72 valence electrons. The van der Waals surface area contributed by atoms with Gasteiger partial charge in [0.25, 0.3) is 0 Å². The van der Waals surface area contributed by atoms with E-state index in [-0.39, 0.29) is 0 Å². The number of sulfone groups is 2. The second kappa shape index (κ2) is 3.18. The third-order valence-corrected chi connectivity index (χ3v) is 5.06. The lowest BCUT2D eigenvalue weighted by Gasteiger charge is -2.03. The lowest BCUT2D eigenvalue weighted by atomic mass is 10.4. The fourth-order valence-electron chi connectivity index (χ4n) is 1.02. The van der Waals surface area contributed by atoms with Crippen molar-refractivity contribution in [1.82, 2.24) is 0 Å². The van der Waals surface area contributed by atoms with Crippen LogP contribution in [-0.2, 0) is 19.7 Å². The molecule has 0 saturated heterocycles. The molecule has 0 saturated carbocycles. The molecular weight excluding hydrogens is 200 g/mol. The van der Waals surface area contributed by atoms with Gasteiger partial charge in [0.15, 0.2) is 23.9 Å². The molecule has 0 amide bonds. The van der Waals surface area contributed by atoms with Gasteiger partial charge in [0.2, 0.25) is 0 Å². The van der Waals surface area contributed by atoms with Crippen LogP contribution in [0.5, 0.6) is 0 Å². The van der Waals surface area contributed by atoms with Gasteiger partial charge in [-0.05, 0) is 19.4 Å². The van der Waals surface area contributed by atoms with Crippen LogP contribution in [0.25, 0.3) is 0 Å². The van der Waals surface area contributed by atoms with Gasteiger partial charge < -0.3 is 0 Å². The van der Waals surface area contributed by atoms with E-state index in [9.17, 15) is 16.8 Å². The Bertz CT molecular complexity index is 359. The maximum Gasteiger partial charge on any atom is 0.186 e. The minimum atomic E-state index is -3.63. The molecule has 0 aromatic carbocycles. The molecule has 0 bridgehead atoms. The van der Waals surface area contributed by atoms with Crippen molar-refractivity contribution >= 4 is 19.7 Å². The molecule has 0 aliphatic heterocycles. The molecule has 0 N–H and O–H groups in total. The van der Waals surface area contributed by atoms with Crippen LogP contribution in [0.3, 0.4) is 0 Å². The lowest BCUT2D eigenvalue weighted by Crippen LogP contribution is -2.12. The van der Waals surface area contributed by atoms with Gasteiger partial charge in [-0.25, -0.2) is 16.8 Å². The molecule has 6 heteroatoms. The van der Waals surface area contributed by atoms with Crippen molar-refractivity contribution in [3.63, 3.8) is 0 Å². The Morgan fingerprint density at radius 2 is 1.08 bits per heavy atom. The summed E-state index contributed by atoms with van der Waals surface area (Å²) in [6.45, 7) is 2.91. The van der Waals surface area contributed by atoms with Gasteiger partial charge >= 0.3 is 0 Å². The van der Waals surface area contributed by atoms with Gasteiger partial charge in [0, 0.05) is 12.5 Å². The molecule has 0 aliphatic rings. The molecule has 0 rings (SSSR count). The number of allylic oxidation sites excluding steroid dienone is 1. The Labute approximate surface area is 73.1 Å². The predicted molar refractivity (Wildman–Crippen MR) is 48.1 cm³/mol. The first-order chi connectivity index (χ1) is 5.07. The van der Waals surface area contributed by atoms with E-state index in [0.29, 0.717) is 5.57 Å². The molecule has 0 radical (unpaired) electrons. The summed E-state index contributed by atoms with van der Waals surface area (Å²) in [5, 5.41) is 0. The Morgan fingerprint density at radius 3 is 1.08 bits per heavy atom. The first-order valence-corrected chi connectivity index (χ1v) is 6.92. The van der Waals surface area contributed by atoms with Crippen molar-refractivity contribution in [2.45, 2.75) is 13.8 Å². The van der Waals surface area contributed by atoms with Crippen LogP contribution in [0.2, 0.25) is 0 Å². The maximum absolute atomic E-state index is 11.0. The highest BCUT2D eigenvalue weighted by atomic mass is 32.3. The summed E-state index contributed by atoms with van der Waals surface area (Å²) >= 11 is 0. The van der Waals surface area contributed by atoms with Crippen molar-refractivity contribution < 1.29 is 16.8 Å². The minimum Gasteiger partial charge on any atom is -0.223 e. The lowest BCUT2D eigenvalue weighted by molar-refractivity contribution is 0.600. The molecule has 0 aliphatic carbocycles. The average molecular weight is 212 g/mol. The van der Waals surface area contributed by atoms with Crippen LogP contribution in [0.1, 0.15) is 13.8 Å². The summed E-state index contributed by atoms with van der Waals surface area (Å²) in [6.07, 6.45) is 1.77. The van der Waals surface area contributed by atoms with E-state index < -0.39 is 23.9 Å². The van der Waals surface area contributed by atoms with E-state index in [1.54, 1.807) is 0 Å². The largest absolute Gasteiger partial charge is 0.223 e. The van der Waals surface area contributed by atoms with Crippen LogP contribution < -0.4 is 0 Å². The normalized spacial score (nSPS) is 12.7. The van der Waals surface area contributed by atoms with Gasteiger partial charge in [-0.2, -0.15) is 0 Å². The third kappa shape index (κ3) is 2.94. The summed E-state index contributed by atoms with van der Waals surface area (Å²) in [5.41, 5.74) is 0.292. The zero-order valence-electron chi connectivity index (χ0n) is 7.45. The fourth-order valence-corrected chi connectivity index (χ4v) is 4.70. The SMILES string of the molecule is CC(C)=C(S(C)(=O)=O)S(C)(=O)=O. The van der Waals surface area contributed by atoms with E-state index in [2.05, 4.69) is 0 Å². The third-order valence-electron chi connectivity index (χ3n) is 1.08. The van der Waals surface area contributed by atoms with Crippen molar-refractivity contribution in [2.24, 2.45) is 0 Å². The van der Waals surface area contributed by atoms with E-state index in [1.807, 2.05) is 0 Å². The van der Waals surface area contributed by atoms with Crippen LogP contribution in [-0.4, -0.2) is 29.3 Å². The van der Waals surface area contributed by atoms with Crippen LogP contribution in [0.15, 0.2) is 9.81 Å². The molecule has 0 fully saturated rings. The van der Waals surface area contributed by atoms with Crippen molar-refractivity contribution in [1.29, 1.82) is 0 Å². The summed E-state index contributed by atoms with van der Waals surface area (Å²) in [7, 11) is -7.26. The van der Waals surface area contributed by atoms with Gasteiger partial charge in [-0.3, -0.25) is 0 Å². The molecule has 4 nitrogen and oxygen atoms in total. The minimum absolute atomic E-state index is 0.292. The molecular formula is C6H12O4S2. The Balaban J connectivity index is 5.80. The summed E-state index contributed by atoms with van der Waals surface area (Å²) in [5.74, 6) is 0. The topological polar surface area (TPSA) is 68.3 Å². The number of hydrogen-bond donors (Lipinski definition) is 0. The van der Waals surface area contributed by atoms with Crippen LogP contribution in [0, 0.1) is 0 Å². The van der Waals surface area contributed by atoms with Crippen molar-refractivity contribution in [3.05, 3.63) is 9.81 Å². The van der Waals surface area contributed by atoms with E-state index in [0.717, 1.165) is 12.5 Å². The Hall–Kier alpha value is -0.360. The number of rotatable bonds is 2. The molecule has 0 spiro atoms. The second-order valence-corrected chi connectivity index (χ2v) is 7.00. The first-order valence-electron chi connectivity index (χ1n) is 3.14. The summed E-state index contributed by atoms with van der Waals surface area (Å²) < 4.78 is 43.5. The highest BCUT2D eigenvalue weighted by Crippen LogP contribution is 2.16. The van der Waals surface area contributed by atoms with E-state index >= 15 is 0 Å². The van der Waals surface area contributed by atoms with Gasteiger partial charge in [-0.15, -0.1) is 0 Å². The standard InChI is InChI=1S/C6H12O4S2/c1-5(2)6(11(3,7)8)12(4,9)10/h1-4H3. The van der Waals surface area contributed by atoms with Gasteiger partial charge in [-0.1, -0.05) is 0 Å². The molecule has 12 heavy (non-hydrogen) atoms. The van der Waals surface area contributed by atoms with Gasteiger partial charge in [0.1, 0.15) is 0 Å². The quantitative estimate of drug-likeness (QED) is 0.661. The van der Waals surface area contributed by atoms with Crippen molar-refractivity contribution in [2.75, 3.05) is 12.5 Å². The highest BCUT2D eigenvalue weighted by Gasteiger charge is 2.23. The Morgan fingerprint density at radius 1 is 0.833 bits per heavy atom. The fraction of sp³-hybridized carbons (Fsp3) is 0.667. The smallest absolute Gasteiger partial charge is 0.186 e. The first kappa shape index (κ1) is 11.6. The highest BCUT2D eigenvalue weighted by molar-refractivity contribution is 8.13. The van der Waals surface area contributed by atoms with Gasteiger partial charge in [0.05, 0.1) is 0 Å². The monoisotopic (exact) mass is 212 g/mol. The average Bonchev–Trinajstić information content (AvgIpc) is 1.49. The second-order valence-electron chi connectivity index (χ2n) is 2.83.